The van der Waals surface area contributed by atoms with Crippen LogP contribution in [0.4, 0.5) is 0 Å². The van der Waals surface area contributed by atoms with Crippen LogP contribution < -0.4 is 5.73 Å². The molecule has 0 bridgehead atoms. The van der Waals surface area contributed by atoms with E-state index in [1.807, 2.05) is 0 Å². The van der Waals surface area contributed by atoms with Crippen LogP contribution in [0.3, 0.4) is 0 Å². The van der Waals surface area contributed by atoms with Crippen LogP contribution in [-0.4, -0.2) is 30.1 Å². The Kier molecular flexibility index (Phi) is 2.48. The van der Waals surface area contributed by atoms with Crippen LogP contribution in [0.2, 0.25) is 0 Å². The maximum atomic E-state index is 8.79. The molecule has 1 heterocycles. The minimum Gasteiger partial charge on any atom is -0.325 e. The molecule has 3 heteroatoms. The van der Waals surface area contributed by atoms with Crippen molar-refractivity contribution in [2.75, 3.05) is 13.1 Å². The predicted octanol–water partition coefficient (Wildman–Crippen LogP) is 0.177. The molecule has 0 saturated carbocycles. The second-order valence-electron chi connectivity index (χ2n) is 3.53. The van der Waals surface area contributed by atoms with Crippen LogP contribution in [0.15, 0.2) is 0 Å². The van der Waals surface area contributed by atoms with Gasteiger partial charge in [0.1, 0.15) is 6.04 Å². The molecule has 0 radical (unpaired) electrons. The average Bonchev–Trinajstić information content (AvgIpc) is 1.85. The van der Waals surface area contributed by atoms with E-state index in [4.69, 9.17) is 11.0 Å². The van der Waals surface area contributed by atoms with E-state index in [0.717, 1.165) is 13.1 Å². The third-order valence-electron chi connectivity index (χ3n) is 2.10. The lowest BCUT2D eigenvalue weighted by molar-refractivity contribution is 0.0975. The lowest BCUT2D eigenvalue weighted by atomic mass is 9.98. The van der Waals surface area contributed by atoms with Crippen molar-refractivity contribution in [3.63, 3.8) is 0 Å². The van der Waals surface area contributed by atoms with Gasteiger partial charge in [0.15, 0.2) is 0 Å². The van der Waals surface area contributed by atoms with Crippen LogP contribution in [0.1, 0.15) is 13.8 Å². The number of hydrogen-bond acceptors (Lipinski definition) is 3. The molecule has 0 amide bonds. The van der Waals surface area contributed by atoms with Gasteiger partial charge in [0, 0.05) is 19.1 Å². The summed E-state index contributed by atoms with van der Waals surface area (Å²) in [6.45, 7) is 5.91. The zero-order valence-corrected chi connectivity index (χ0v) is 7.12. The molecule has 1 aliphatic rings. The minimum absolute atomic E-state index is 0.0646. The van der Waals surface area contributed by atoms with Gasteiger partial charge in [-0.25, -0.2) is 0 Å². The monoisotopic (exact) mass is 153 g/mol. The fourth-order valence-corrected chi connectivity index (χ4v) is 1.43. The second kappa shape index (κ2) is 3.21. The van der Waals surface area contributed by atoms with Crippen LogP contribution in [-0.2, 0) is 0 Å². The second-order valence-corrected chi connectivity index (χ2v) is 3.53. The van der Waals surface area contributed by atoms with Crippen LogP contribution in [0.5, 0.6) is 0 Å². The summed E-state index contributed by atoms with van der Waals surface area (Å²) in [6.07, 6.45) is 0. The van der Waals surface area contributed by atoms with Crippen molar-refractivity contribution in [2.45, 2.75) is 25.9 Å². The molecule has 2 N–H and O–H groups in total. The first kappa shape index (κ1) is 8.51. The van der Waals surface area contributed by atoms with Gasteiger partial charge in [0.05, 0.1) is 6.07 Å². The van der Waals surface area contributed by atoms with Gasteiger partial charge in [-0.05, 0) is 5.92 Å². The fourth-order valence-electron chi connectivity index (χ4n) is 1.43. The Hall–Kier alpha value is -0.590. The summed E-state index contributed by atoms with van der Waals surface area (Å²) < 4.78 is 0. The van der Waals surface area contributed by atoms with Crippen molar-refractivity contribution in [1.29, 1.82) is 5.26 Å². The average molecular weight is 153 g/mol. The van der Waals surface area contributed by atoms with E-state index in [0.29, 0.717) is 12.0 Å². The van der Waals surface area contributed by atoms with E-state index in [2.05, 4.69) is 24.8 Å². The van der Waals surface area contributed by atoms with Crippen molar-refractivity contribution in [2.24, 2.45) is 11.7 Å². The van der Waals surface area contributed by atoms with Crippen molar-refractivity contribution in [1.82, 2.24) is 4.90 Å². The summed E-state index contributed by atoms with van der Waals surface area (Å²) in [5.74, 6) is 0.410. The number of nitriles is 1. The Balaban J connectivity index is 2.40. The zero-order chi connectivity index (χ0) is 8.43. The smallest absolute Gasteiger partial charge is 0.100 e. The highest BCUT2D eigenvalue weighted by atomic mass is 15.2. The van der Waals surface area contributed by atoms with Crippen LogP contribution in [0.25, 0.3) is 0 Å². The fraction of sp³-hybridized carbons (Fsp3) is 0.875. The van der Waals surface area contributed by atoms with Crippen LogP contribution in [0, 0.1) is 17.2 Å². The van der Waals surface area contributed by atoms with Gasteiger partial charge in [-0.2, -0.15) is 5.26 Å². The van der Waals surface area contributed by atoms with Crippen LogP contribution >= 0.6 is 0 Å². The molecule has 0 aromatic carbocycles. The summed E-state index contributed by atoms with van der Waals surface area (Å²) >= 11 is 0. The molecule has 0 aliphatic carbocycles. The van der Waals surface area contributed by atoms with Gasteiger partial charge in [-0.1, -0.05) is 13.8 Å². The normalized spacial score (nSPS) is 22.8. The van der Waals surface area contributed by atoms with Gasteiger partial charge in [-0.15, -0.1) is 0 Å². The molecule has 0 aromatic rings. The number of rotatable bonds is 2. The molecular formula is C8H15N3. The lowest BCUT2D eigenvalue weighted by Crippen LogP contribution is -2.60. The molecule has 62 valence electrons. The third kappa shape index (κ3) is 1.70. The molecular weight excluding hydrogens is 138 g/mol. The number of hydrogen-bond donors (Lipinski definition) is 1. The first-order valence-electron chi connectivity index (χ1n) is 4.04. The standard InChI is InChI=1S/C8H15N3/c1-6(2)8(3-9)11-4-7(10)5-11/h6-8H,4-5,10H2,1-2H3/t8-/m1/s1. The van der Waals surface area contributed by atoms with Gasteiger partial charge in [0.25, 0.3) is 0 Å². The molecule has 0 aromatic heterocycles. The highest BCUT2D eigenvalue weighted by Gasteiger charge is 2.31. The highest BCUT2D eigenvalue weighted by molar-refractivity contribution is 5.00. The van der Waals surface area contributed by atoms with Gasteiger partial charge in [0.2, 0.25) is 0 Å². The molecule has 0 unspecified atom stereocenters. The molecule has 1 aliphatic heterocycles. The van der Waals surface area contributed by atoms with Crippen molar-refractivity contribution in [3.8, 4) is 6.07 Å². The van der Waals surface area contributed by atoms with E-state index in [1.165, 1.54) is 0 Å². The summed E-state index contributed by atoms with van der Waals surface area (Å²) in [6, 6.07) is 2.65. The summed E-state index contributed by atoms with van der Waals surface area (Å²) in [5, 5.41) is 8.79. The minimum atomic E-state index is 0.0646. The highest BCUT2D eigenvalue weighted by Crippen LogP contribution is 2.16. The Bertz CT molecular complexity index is 165. The first-order valence-corrected chi connectivity index (χ1v) is 4.04. The molecule has 1 saturated heterocycles. The molecule has 1 atom stereocenters. The molecule has 11 heavy (non-hydrogen) atoms. The quantitative estimate of drug-likeness (QED) is 0.615. The van der Waals surface area contributed by atoms with Crippen molar-refractivity contribution < 1.29 is 0 Å². The molecule has 1 fully saturated rings. The molecule has 0 spiro atoms. The third-order valence-corrected chi connectivity index (χ3v) is 2.10. The molecule has 1 rings (SSSR count). The van der Waals surface area contributed by atoms with E-state index >= 15 is 0 Å². The topological polar surface area (TPSA) is 53.0 Å². The van der Waals surface area contributed by atoms with Gasteiger partial charge >= 0.3 is 0 Å². The summed E-state index contributed by atoms with van der Waals surface area (Å²) in [4.78, 5) is 2.13. The Labute approximate surface area is 67.8 Å². The first-order chi connectivity index (χ1) is 5.15. The van der Waals surface area contributed by atoms with Gasteiger partial charge in [-0.3, -0.25) is 4.90 Å². The van der Waals surface area contributed by atoms with Crippen molar-refractivity contribution >= 4 is 0 Å². The van der Waals surface area contributed by atoms with E-state index in [1.54, 1.807) is 0 Å². The molecule has 3 nitrogen and oxygen atoms in total. The Morgan fingerprint density at radius 1 is 1.55 bits per heavy atom. The number of nitrogens with two attached hydrogens (primary N) is 1. The predicted molar refractivity (Wildman–Crippen MR) is 43.8 cm³/mol. The SMILES string of the molecule is CC(C)[C@@H](C#N)N1CC(N)C1. The Morgan fingerprint density at radius 2 is 2.09 bits per heavy atom. The maximum absolute atomic E-state index is 8.79. The largest absolute Gasteiger partial charge is 0.325 e. The zero-order valence-electron chi connectivity index (χ0n) is 7.12. The summed E-state index contributed by atoms with van der Waals surface area (Å²) in [7, 11) is 0. The Morgan fingerprint density at radius 3 is 2.36 bits per heavy atom. The van der Waals surface area contributed by atoms with E-state index in [-0.39, 0.29) is 6.04 Å². The lowest BCUT2D eigenvalue weighted by Gasteiger charge is -2.41. The van der Waals surface area contributed by atoms with E-state index < -0.39 is 0 Å². The number of nitrogens with zero attached hydrogens (tertiary/aromatic N) is 2. The van der Waals surface area contributed by atoms with E-state index in [9.17, 15) is 0 Å². The van der Waals surface area contributed by atoms with Gasteiger partial charge < -0.3 is 5.73 Å². The number of likely N-dealkylation sites (tertiary alicyclic amines) is 1. The maximum Gasteiger partial charge on any atom is 0.100 e. The summed E-state index contributed by atoms with van der Waals surface area (Å²) in [5.41, 5.74) is 5.61. The van der Waals surface area contributed by atoms with Crippen molar-refractivity contribution in [3.05, 3.63) is 0 Å².